The number of rotatable bonds is 5. The molecule has 2 fully saturated rings. The Labute approximate surface area is 184 Å². The molecule has 2 heterocycles. The number of hydrogen-bond donors (Lipinski definition) is 0. The van der Waals surface area contributed by atoms with Gasteiger partial charge in [0, 0.05) is 44.3 Å². The van der Waals surface area contributed by atoms with E-state index in [1.807, 2.05) is 11.8 Å². The standard InChI is InChI=1S/C26H32N4O/c1-3-14-30-24(26(31)29-17-15-28(16-18-29)21-10-7-11-21)19(2)27-25(30)23-13-6-9-20-8-4-5-12-22(20)23/h4-6,8-9,12-13,21H,3,7,10-11,14-18H2,1-2H3. The van der Waals surface area contributed by atoms with Gasteiger partial charge in [0.15, 0.2) is 0 Å². The number of amides is 1. The molecule has 3 aromatic rings. The van der Waals surface area contributed by atoms with E-state index in [2.05, 4.69) is 58.9 Å². The molecule has 31 heavy (non-hydrogen) atoms. The first-order valence-corrected chi connectivity index (χ1v) is 11.8. The number of nitrogens with zero attached hydrogens (tertiary/aromatic N) is 4. The summed E-state index contributed by atoms with van der Waals surface area (Å²) in [6.45, 7) is 8.56. The van der Waals surface area contributed by atoms with Crippen LogP contribution in [0.4, 0.5) is 0 Å². The van der Waals surface area contributed by atoms with Crippen LogP contribution in [0.5, 0.6) is 0 Å². The fraction of sp³-hybridized carbons (Fsp3) is 0.462. The van der Waals surface area contributed by atoms with E-state index in [0.29, 0.717) is 0 Å². The number of carbonyl (C=O) groups is 1. The second-order valence-corrected chi connectivity index (χ2v) is 8.96. The van der Waals surface area contributed by atoms with Crippen molar-refractivity contribution in [1.82, 2.24) is 19.4 Å². The van der Waals surface area contributed by atoms with Gasteiger partial charge in [0.25, 0.3) is 5.91 Å². The van der Waals surface area contributed by atoms with E-state index >= 15 is 0 Å². The first kappa shape index (κ1) is 20.3. The van der Waals surface area contributed by atoms with Gasteiger partial charge < -0.3 is 9.47 Å². The molecule has 0 N–H and O–H groups in total. The topological polar surface area (TPSA) is 41.4 Å². The minimum absolute atomic E-state index is 0.137. The average molecular weight is 417 g/mol. The molecule has 1 aliphatic carbocycles. The third kappa shape index (κ3) is 3.65. The number of aryl methyl sites for hydroxylation is 1. The monoisotopic (exact) mass is 416 g/mol. The van der Waals surface area contributed by atoms with Crippen molar-refractivity contribution in [2.75, 3.05) is 26.2 Å². The molecule has 5 heteroatoms. The summed E-state index contributed by atoms with van der Waals surface area (Å²) in [6.07, 6.45) is 4.97. The van der Waals surface area contributed by atoms with Crippen LogP contribution in [0.2, 0.25) is 0 Å². The molecule has 0 atom stereocenters. The van der Waals surface area contributed by atoms with Crippen molar-refractivity contribution in [3.8, 4) is 11.4 Å². The molecule has 0 unspecified atom stereocenters. The second-order valence-electron chi connectivity index (χ2n) is 8.96. The van der Waals surface area contributed by atoms with Gasteiger partial charge in [-0.05, 0) is 37.0 Å². The summed E-state index contributed by atoms with van der Waals surface area (Å²) < 4.78 is 2.16. The van der Waals surface area contributed by atoms with Crippen LogP contribution in [0, 0.1) is 6.92 Å². The summed E-state index contributed by atoms with van der Waals surface area (Å²) in [5.74, 6) is 1.05. The number of hydrogen-bond acceptors (Lipinski definition) is 3. The lowest BCUT2D eigenvalue weighted by molar-refractivity contribution is 0.0447. The summed E-state index contributed by atoms with van der Waals surface area (Å²) in [5.41, 5.74) is 2.70. The summed E-state index contributed by atoms with van der Waals surface area (Å²) in [7, 11) is 0. The summed E-state index contributed by atoms with van der Waals surface area (Å²) >= 11 is 0. The van der Waals surface area contributed by atoms with E-state index in [1.165, 1.54) is 30.0 Å². The van der Waals surface area contributed by atoms with E-state index in [0.717, 1.165) is 68.0 Å². The Morgan fingerprint density at radius 2 is 1.77 bits per heavy atom. The average Bonchev–Trinajstić information content (AvgIpc) is 3.08. The SMILES string of the molecule is CCCn1c(-c2cccc3ccccc23)nc(C)c1C(=O)N1CCN(C2CCC2)CC1. The number of piperazine rings is 1. The molecule has 5 rings (SSSR count). The highest BCUT2D eigenvalue weighted by atomic mass is 16.2. The van der Waals surface area contributed by atoms with Crippen LogP contribution in [0.15, 0.2) is 42.5 Å². The smallest absolute Gasteiger partial charge is 0.272 e. The van der Waals surface area contributed by atoms with Gasteiger partial charge in [-0.1, -0.05) is 55.8 Å². The zero-order chi connectivity index (χ0) is 21.4. The fourth-order valence-corrected chi connectivity index (χ4v) is 5.10. The lowest BCUT2D eigenvalue weighted by Gasteiger charge is -2.43. The second kappa shape index (κ2) is 8.46. The number of aromatic nitrogens is 2. The van der Waals surface area contributed by atoms with Crippen LogP contribution < -0.4 is 0 Å². The normalized spacial score (nSPS) is 17.8. The predicted octanol–water partition coefficient (Wildman–Crippen LogP) is 4.73. The van der Waals surface area contributed by atoms with E-state index in [1.54, 1.807) is 0 Å². The number of imidazole rings is 1. The van der Waals surface area contributed by atoms with Crippen molar-refractivity contribution in [3.63, 3.8) is 0 Å². The minimum Gasteiger partial charge on any atom is -0.335 e. The molecule has 1 amide bonds. The van der Waals surface area contributed by atoms with Gasteiger partial charge in [-0.3, -0.25) is 9.69 Å². The molecule has 1 saturated heterocycles. The van der Waals surface area contributed by atoms with Crippen LogP contribution in [0.25, 0.3) is 22.2 Å². The Morgan fingerprint density at radius 3 is 2.48 bits per heavy atom. The molecule has 1 aliphatic heterocycles. The van der Waals surface area contributed by atoms with Crippen LogP contribution in [0.1, 0.15) is 48.8 Å². The van der Waals surface area contributed by atoms with Crippen molar-refractivity contribution in [2.24, 2.45) is 0 Å². The van der Waals surface area contributed by atoms with Gasteiger partial charge >= 0.3 is 0 Å². The maximum atomic E-state index is 13.6. The Hall–Kier alpha value is -2.66. The molecule has 2 aromatic carbocycles. The van der Waals surface area contributed by atoms with Crippen molar-refractivity contribution in [2.45, 2.75) is 52.1 Å². The highest BCUT2D eigenvalue weighted by Gasteiger charge is 2.32. The largest absolute Gasteiger partial charge is 0.335 e. The van der Waals surface area contributed by atoms with Crippen molar-refractivity contribution >= 4 is 16.7 Å². The molecule has 5 nitrogen and oxygen atoms in total. The number of benzene rings is 2. The lowest BCUT2D eigenvalue weighted by Crippen LogP contribution is -2.53. The predicted molar refractivity (Wildman–Crippen MR) is 125 cm³/mol. The Kier molecular flexibility index (Phi) is 5.53. The molecule has 0 spiro atoms. The van der Waals surface area contributed by atoms with E-state index in [-0.39, 0.29) is 5.91 Å². The molecule has 1 saturated carbocycles. The zero-order valence-corrected chi connectivity index (χ0v) is 18.7. The first-order chi connectivity index (χ1) is 15.2. The quantitative estimate of drug-likeness (QED) is 0.604. The Bertz CT molecular complexity index is 1080. The van der Waals surface area contributed by atoms with Gasteiger partial charge in [-0.25, -0.2) is 4.98 Å². The van der Waals surface area contributed by atoms with Gasteiger partial charge in [-0.15, -0.1) is 0 Å². The van der Waals surface area contributed by atoms with Gasteiger partial charge in [0.05, 0.1) is 5.69 Å². The van der Waals surface area contributed by atoms with E-state index < -0.39 is 0 Å². The molecule has 2 aliphatic rings. The first-order valence-electron chi connectivity index (χ1n) is 11.8. The van der Waals surface area contributed by atoms with Crippen molar-refractivity contribution in [3.05, 3.63) is 53.9 Å². The highest BCUT2D eigenvalue weighted by molar-refractivity contribution is 5.98. The van der Waals surface area contributed by atoms with Crippen LogP contribution in [0.3, 0.4) is 0 Å². The fourth-order valence-electron chi connectivity index (χ4n) is 5.10. The molecule has 0 radical (unpaired) electrons. The van der Waals surface area contributed by atoms with Gasteiger partial charge in [0.1, 0.15) is 11.5 Å². The zero-order valence-electron chi connectivity index (χ0n) is 18.7. The van der Waals surface area contributed by atoms with Crippen LogP contribution in [-0.2, 0) is 6.54 Å². The van der Waals surface area contributed by atoms with Crippen LogP contribution >= 0.6 is 0 Å². The van der Waals surface area contributed by atoms with Crippen LogP contribution in [-0.4, -0.2) is 57.5 Å². The third-order valence-corrected chi connectivity index (χ3v) is 7.01. The maximum absolute atomic E-state index is 13.6. The number of fused-ring (bicyclic) bond motifs is 1. The molecule has 162 valence electrons. The minimum atomic E-state index is 0.137. The van der Waals surface area contributed by atoms with Gasteiger partial charge in [0.2, 0.25) is 0 Å². The van der Waals surface area contributed by atoms with E-state index in [9.17, 15) is 4.79 Å². The van der Waals surface area contributed by atoms with Crippen molar-refractivity contribution in [1.29, 1.82) is 0 Å². The molecular formula is C26H32N4O. The molecule has 1 aromatic heterocycles. The molecular weight excluding hydrogens is 384 g/mol. The Balaban J connectivity index is 1.48. The van der Waals surface area contributed by atoms with Gasteiger partial charge in [-0.2, -0.15) is 0 Å². The maximum Gasteiger partial charge on any atom is 0.272 e. The molecule has 0 bridgehead atoms. The summed E-state index contributed by atoms with van der Waals surface area (Å²) in [6, 6.07) is 15.5. The third-order valence-electron chi connectivity index (χ3n) is 7.01. The summed E-state index contributed by atoms with van der Waals surface area (Å²) in [5, 5.41) is 2.38. The van der Waals surface area contributed by atoms with E-state index in [4.69, 9.17) is 4.98 Å². The number of carbonyl (C=O) groups excluding carboxylic acids is 1. The highest BCUT2D eigenvalue weighted by Crippen LogP contribution is 2.31. The Morgan fingerprint density at radius 1 is 1.03 bits per heavy atom. The van der Waals surface area contributed by atoms with Crippen molar-refractivity contribution < 1.29 is 4.79 Å². The lowest BCUT2D eigenvalue weighted by atomic mass is 9.91. The summed E-state index contributed by atoms with van der Waals surface area (Å²) in [4.78, 5) is 23.2.